The Morgan fingerprint density at radius 1 is 0.897 bits per heavy atom. The van der Waals surface area contributed by atoms with Gasteiger partial charge in [-0.25, -0.2) is 19.9 Å². The number of hydrogen-bond donors (Lipinski definition) is 1. The molecule has 3 heterocycles. The molecule has 0 amide bonds. The fourth-order valence-corrected chi connectivity index (χ4v) is 2.74. The van der Waals surface area contributed by atoms with Crippen LogP contribution < -0.4 is 9.80 Å². The van der Waals surface area contributed by atoms with Crippen molar-refractivity contribution in [3.05, 3.63) is 35.5 Å². The number of aromatic nitrogens is 4. The number of piperazine rings is 1. The molecule has 1 aliphatic rings. The predicted octanol–water partition coefficient (Wildman–Crippen LogP) is 2.68. The zero-order valence-corrected chi connectivity index (χ0v) is 15.0. The first-order chi connectivity index (χ1) is 13.4. The van der Waals surface area contributed by atoms with Crippen LogP contribution in [0, 0.1) is 0 Å². The summed E-state index contributed by atoms with van der Waals surface area (Å²) in [5.74, 6) is 0.0802. The van der Waals surface area contributed by atoms with E-state index in [1.54, 1.807) is 11.0 Å². The molecule has 1 saturated heterocycles. The molecule has 2 aromatic rings. The Morgan fingerprint density at radius 3 is 1.90 bits per heavy atom. The average molecular weight is 422 g/mol. The summed E-state index contributed by atoms with van der Waals surface area (Å²) < 4.78 is 77.8. The maximum Gasteiger partial charge on any atom is 0.433 e. The molecule has 0 radical (unpaired) electrons. The van der Waals surface area contributed by atoms with Gasteiger partial charge in [-0.3, -0.25) is 0 Å². The first-order valence-corrected chi connectivity index (χ1v) is 8.49. The van der Waals surface area contributed by atoms with Crippen LogP contribution in [0.4, 0.5) is 38.1 Å². The van der Waals surface area contributed by atoms with Crippen molar-refractivity contribution in [3.63, 3.8) is 0 Å². The third kappa shape index (κ3) is 4.83. The number of hydrogen-bond acceptors (Lipinski definition) is 7. The molecule has 29 heavy (non-hydrogen) atoms. The van der Waals surface area contributed by atoms with Crippen LogP contribution in [0.5, 0.6) is 0 Å². The molecule has 0 unspecified atom stereocenters. The molecule has 1 aliphatic heterocycles. The predicted molar refractivity (Wildman–Crippen MR) is 89.1 cm³/mol. The Bertz CT molecular complexity index is 831. The third-order valence-corrected chi connectivity index (χ3v) is 4.21. The summed E-state index contributed by atoms with van der Waals surface area (Å²) in [7, 11) is 0. The van der Waals surface area contributed by atoms with Crippen molar-refractivity contribution >= 4 is 11.8 Å². The first kappa shape index (κ1) is 21.0. The third-order valence-electron chi connectivity index (χ3n) is 4.21. The lowest BCUT2D eigenvalue weighted by molar-refractivity contribution is -0.147. The van der Waals surface area contributed by atoms with E-state index in [-0.39, 0.29) is 38.1 Å². The zero-order valence-electron chi connectivity index (χ0n) is 15.0. The summed E-state index contributed by atoms with van der Waals surface area (Å²) >= 11 is 0. The van der Waals surface area contributed by atoms with Gasteiger partial charge in [0.2, 0.25) is 5.95 Å². The smallest absolute Gasteiger partial charge is 0.385 e. The van der Waals surface area contributed by atoms with Crippen molar-refractivity contribution in [2.75, 3.05) is 36.0 Å². The van der Waals surface area contributed by atoms with Crippen LogP contribution in [0.2, 0.25) is 0 Å². The van der Waals surface area contributed by atoms with Gasteiger partial charge in [-0.05, 0) is 19.1 Å². The zero-order chi connectivity index (χ0) is 21.4. The van der Waals surface area contributed by atoms with Gasteiger partial charge >= 0.3 is 12.4 Å². The number of nitrogens with zero attached hydrogens (tertiary/aromatic N) is 6. The maximum absolute atomic E-state index is 13.0. The largest absolute Gasteiger partial charge is 0.433 e. The van der Waals surface area contributed by atoms with Gasteiger partial charge in [0, 0.05) is 32.4 Å². The minimum absolute atomic E-state index is 0.0899. The van der Waals surface area contributed by atoms with Crippen molar-refractivity contribution < 1.29 is 31.4 Å². The van der Waals surface area contributed by atoms with E-state index in [1.165, 1.54) is 18.0 Å². The van der Waals surface area contributed by atoms with Crippen LogP contribution >= 0.6 is 0 Å². The molecule has 1 atom stereocenters. The molecule has 1 N–H and O–H groups in total. The highest BCUT2D eigenvalue weighted by atomic mass is 19.4. The van der Waals surface area contributed by atoms with E-state index >= 15 is 0 Å². The molecule has 0 saturated carbocycles. The van der Waals surface area contributed by atoms with Crippen molar-refractivity contribution in [1.29, 1.82) is 0 Å². The molecule has 13 heteroatoms. The van der Waals surface area contributed by atoms with Gasteiger partial charge in [0.25, 0.3) is 0 Å². The summed E-state index contributed by atoms with van der Waals surface area (Å²) in [6, 6.07) is 1.50. The van der Waals surface area contributed by atoms with Gasteiger partial charge in [0.15, 0.2) is 17.2 Å². The lowest BCUT2D eigenvalue weighted by Gasteiger charge is -2.35. The van der Waals surface area contributed by atoms with E-state index in [1.807, 2.05) is 0 Å². The summed E-state index contributed by atoms with van der Waals surface area (Å²) in [6.07, 6.45) is -9.48. The average Bonchev–Trinajstić information content (AvgIpc) is 2.66. The number of anilines is 2. The van der Waals surface area contributed by atoms with Crippen molar-refractivity contribution in [1.82, 2.24) is 19.9 Å². The number of rotatable bonds is 3. The molecule has 0 aromatic carbocycles. The van der Waals surface area contributed by atoms with Gasteiger partial charge in [0.1, 0.15) is 11.9 Å². The highest BCUT2D eigenvalue weighted by molar-refractivity contribution is 5.42. The van der Waals surface area contributed by atoms with E-state index in [9.17, 15) is 31.4 Å². The van der Waals surface area contributed by atoms with Crippen LogP contribution in [0.15, 0.2) is 18.3 Å². The van der Waals surface area contributed by atoms with E-state index in [4.69, 9.17) is 0 Å². The fraction of sp³-hybridized carbons (Fsp3) is 0.500. The summed E-state index contributed by atoms with van der Waals surface area (Å²) in [6.45, 7) is 2.20. The Morgan fingerprint density at radius 2 is 1.41 bits per heavy atom. The van der Waals surface area contributed by atoms with Crippen LogP contribution in [-0.4, -0.2) is 51.2 Å². The monoisotopic (exact) mass is 422 g/mol. The highest BCUT2D eigenvalue weighted by Crippen LogP contribution is 2.34. The normalized spacial score (nSPS) is 16.8. The van der Waals surface area contributed by atoms with Gasteiger partial charge in [0.05, 0.1) is 0 Å². The first-order valence-electron chi connectivity index (χ1n) is 8.49. The topological polar surface area (TPSA) is 78.3 Å². The van der Waals surface area contributed by atoms with Crippen LogP contribution in [0.25, 0.3) is 0 Å². The SMILES string of the molecule is C[C@@H](O)c1nccc(N2CCN(c3nc(C(F)(F)F)cc(C(F)(F)F)n3)CC2)n1. The molecule has 2 aromatic heterocycles. The minimum Gasteiger partial charge on any atom is -0.385 e. The van der Waals surface area contributed by atoms with Crippen LogP contribution in [0.3, 0.4) is 0 Å². The Labute approximate surface area is 161 Å². The lowest BCUT2D eigenvalue weighted by Crippen LogP contribution is -2.47. The van der Waals surface area contributed by atoms with Crippen LogP contribution in [0.1, 0.15) is 30.2 Å². The molecular weight excluding hydrogens is 406 g/mol. The van der Waals surface area contributed by atoms with Gasteiger partial charge in [-0.1, -0.05) is 0 Å². The van der Waals surface area contributed by atoms with Gasteiger partial charge in [-0.15, -0.1) is 0 Å². The summed E-state index contributed by atoms with van der Waals surface area (Å²) in [5.41, 5.74) is -3.29. The van der Waals surface area contributed by atoms with Gasteiger partial charge < -0.3 is 14.9 Å². The molecule has 158 valence electrons. The number of aliphatic hydroxyl groups is 1. The van der Waals surface area contributed by atoms with Gasteiger partial charge in [-0.2, -0.15) is 26.3 Å². The van der Waals surface area contributed by atoms with E-state index in [0.29, 0.717) is 5.82 Å². The van der Waals surface area contributed by atoms with Crippen molar-refractivity contribution in [2.45, 2.75) is 25.4 Å². The molecule has 0 spiro atoms. The Hall–Kier alpha value is -2.70. The second kappa shape index (κ2) is 7.61. The Balaban J connectivity index is 1.81. The van der Waals surface area contributed by atoms with Crippen LogP contribution in [-0.2, 0) is 12.4 Å². The van der Waals surface area contributed by atoms with E-state index < -0.39 is 35.8 Å². The molecule has 3 rings (SSSR count). The second-order valence-corrected chi connectivity index (χ2v) is 6.36. The number of halogens is 6. The summed E-state index contributed by atoms with van der Waals surface area (Å²) in [4.78, 5) is 17.8. The maximum atomic E-state index is 13.0. The number of aliphatic hydroxyl groups excluding tert-OH is 1. The van der Waals surface area contributed by atoms with E-state index in [0.717, 1.165) is 0 Å². The molecule has 1 fully saturated rings. The molecular formula is C16H16F6N6O. The fourth-order valence-electron chi connectivity index (χ4n) is 2.74. The molecule has 0 bridgehead atoms. The van der Waals surface area contributed by atoms with E-state index in [2.05, 4.69) is 19.9 Å². The summed E-state index contributed by atoms with van der Waals surface area (Å²) in [5, 5.41) is 9.57. The standard InChI is InChI=1S/C16H16F6N6O/c1-9(29)13-23-3-2-12(26-13)27-4-6-28(7-5-27)14-24-10(15(17,18)19)8-11(25-14)16(20,21)22/h2-3,8-9,29H,4-7H2,1H3/t9-/m1/s1. The number of alkyl halides is 6. The van der Waals surface area contributed by atoms with Crippen molar-refractivity contribution in [2.24, 2.45) is 0 Å². The second-order valence-electron chi connectivity index (χ2n) is 6.36. The highest BCUT2D eigenvalue weighted by Gasteiger charge is 2.40. The molecule has 0 aliphatic carbocycles. The lowest BCUT2D eigenvalue weighted by atomic mass is 10.3. The minimum atomic E-state index is -5.03. The Kier molecular flexibility index (Phi) is 5.52. The quantitative estimate of drug-likeness (QED) is 0.762. The van der Waals surface area contributed by atoms with Crippen molar-refractivity contribution in [3.8, 4) is 0 Å². The molecule has 7 nitrogen and oxygen atoms in total.